The van der Waals surface area contributed by atoms with Gasteiger partial charge in [-0.15, -0.1) is 0 Å². The predicted octanol–water partition coefficient (Wildman–Crippen LogP) is 5.85. The zero-order valence-electron chi connectivity index (χ0n) is 14.5. The molecule has 3 aliphatic carbocycles. The zero-order chi connectivity index (χ0) is 17.2. The van der Waals surface area contributed by atoms with Crippen LogP contribution in [0.3, 0.4) is 0 Å². The van der Waals surface area contributed by atoms with Gasteiger partial charge in [-0.3, -0.25) is 0 Å². The molecular formula is C24H20S. The molecule has 6 rings (SSSR count). The molecule has 0 spiro atoms. The van der Waals surface area contributed by atoms with Crippen LogP contribution in [0.5, 0.6) is 0 Å². The normalized spacial score (nSPS) is 22.3. The van der Waals surface area contributed by atoms with E-state index in [9.17, 15) is 0 Å². The lowest BCUT2D eigenvalue weighted by Gasteiger charge is -2.51. The molecule has 0 amide bonds. The van der Waals surface area contributed by atoms with E-state index in [2.05, 4.69) is 86.6 Å². The van der Waals surface area contributed by atoms with Crippen molar-refractivity contribution in [2.75, 3.05) is 0 Å². The Morgan fingerprint density at radius 2 is 1.08 bits per heavy atom. The Balaban J connectivity index is 2.01. The third-order valence-corrected chi connectivity index (χ3v) is 6.70. The summed E-state index contributed by atoms with van der Waals surface area (Å²) in [5, 5.41) is 0. The van der Waals surface area contributed by atoms with Crippen LogP contribution in [0.25, 0.3) is 0 Å². The van der Waals surface area contributed by atoms with Gasteiger partial charge in [0.2, 0.25) is 0 Å². The summed E-state index contributed by atoms with van der Waals surface area (Å²) >= 11 is 6.16. The number of benzene rings is 3. The third-order valence-electron chi connectivity index (χ3n) is 5.92. The number of hydrogen-bond donors (Lipinski definition) is 0. The quantitative estimate of drug-likeness (QED) is 0.527. The molecule has 0 fully saturated rings. The van der Waals surface area contributed by atoms with Gasteiger partial charge in [0, 0.05) is 10.8 Å². The van der Waals surface area contributed by atoms with Crippen LogP contribution in [0.2, 0.25) is 0 Å². The van der Waals surface area contributed by atoms with Crippen LogP contribution >= 0.6 is 12.2 Å². The Morgan fingerprint density at radius 1 is 0.720 bits per heavy atom. The van der Waals surface area contributed by atoms with Crippen molar-refractivity contribution in [1.82, 2.24) is 0 Å². The summed E-state index contributed by atoms with van der Waals surface area (Å²) in [4.78, 5) is 1.12. The lowest BCUT2D eigenvalue weighted by molar-refractivity contribution is 0.656. The summed E-state index contributed by atoms with van der Waals surface area (Å²) in [5.41, 5.74) is 8.11. The first-order valence-electron chi connectivity index (χ1n) is 9.00. The summed E-state index contributed by atoms with van der Waals surface area (Å²) in [6.07, 6.45) is 0. The van der Waals surface area contributed by atoms with Crippen LogP contribution in [0.4, 0.5) is 0 Å². The fourth-order valence-corrected chi connectivity index (χ4v) is 5.37. The van der Waals surface area contributed by atoms with E-state index in [-0.39, 0.29) is 5.41 Å². The second-order valence-corrected chi connectivity index (χ2v) is 7.90. The van der Waals surface area contributed by atoms with E-state index in [1.807, 2.05) is 0 Å². The molecule has 0 aliphatic heterocycles. The molecular weight excluding hydrogens is 320 g/mol. The molecule has 122 valence electrons. The molecule has 1 heteroatoms. The van der Waals surface area contributed by atoms with E-state index in [0.717, 1.165) is 4.86 Å². The van der Waals surface area contributed by atoms with Crippen molar-refractivity contribution in [2.45, 2.75) is 25.2 Å². The molecule has 0 heterocycles. The van der Waals surface area contributed by atoms with Gasteiger partial charge >= 0.3 is 0 Å². The molecule has 0 N–H and O–H groups in total. The molecule has 25 heavy (non-hydrogen) atoms. The van der Waals surface area contributed by atoms with Crippen molar-refractivity contribution in [3.05, 3.63) is 106 Å². The van der Waals surface area contributed by atoms with E-state index in [1.54, 1.807) is 0 Å². The smallest absolute Gasteiger partial charge is 0.0776 e. The highest BCUT2D eigenvalue weighted by Crippen LogP contribution is 2.60. The van der Waals surface area contributed by atoms with Crippen molar-refractivity contribution < 1.29 is 0 Å². The lowest BCUT2D eigenvalue weighted by atomic mass is 9.51. The van der Waals surface area contributed by atoms with Gasteiger partial charge in [-0.2, -0.15) is 0 Å². The topological polar surface area (TPSA) is 0 Å². The Morgan fingerprint density at radius 3 is 1.44 bits per heavy atom. The fraction of sp³-hybridized carbons (Fsp3) is 0.208. The van der Waals surface area contributed by atoms with Gasteiger partial charge in [0.05, 0.1) is 5.41 Å². The second-order valence-electron chi connectivity index (χ2n) is 7.46. The van der Waals surface area contributed by atoms with Crippen molar-refractivity contribution >= 4 is 17.1 Å². The van der Waals surface area contributed by atoms with Gasteiger partial charge in [0.15, 0.2) is 0 Å². The van der Waals surface area contributed by atoms with Gasteiger partial charge < -0.3 is 0 Å². The summed E-state index contributed by atoms with van der Waals surface area (Å²) in [6.45, 7) is 4.46. The molecule has 2 bridgehead atoms. The summed E-state index contributed by atoms with van der Waals surface area (Å²) in [7, 11) is 0. The largest absolute Gasteiger partial charge is 0.0877 e. The maximum Gasteiger partial charge on any atom is 0.0776 e. The average Bonchev–Trinajstić information content (AvgIpc) is 2.67. The van der Waals surface area contributed by atoms with E-state index in [4.69, 9.17) is 12.2 Å². The molecule has 0 radical (unpaired) electrons. The van der Waals surface area contributed by atoms with E-state index in [1.165, 1.54) is 33.4 Å². The second kappa shape index (κ2) is 5.12. The number of rotatable bonds is 2. The van der Waals surface area contributed by atoms with Crippen molar-refractivity contribution in [2.24, 2.45) is 5.92 Å². The monoisotopic (exact) mass is 340 g/mol. The van der Waals surface area contributed by atoms with Crippen LogP contribution in [0.1, 0.15) is 53.1 Å². The Hall–Kier alpha value is -2.25. The summed E-state index contributed by atoms with van der Waals surface area (Å²) < 4.78 is 0. The molecule has 3 aromatic carbocycles. The van der Waals surface area contributed by atoms with E-state index >= 15 is 0 Å². The number of thiocarbonyl (C=S) groups is 1. The first-order valence-corrected chi connectivity index (χ1v) is 9.40. The fourth-order valence-electron chi connectivity index (χ4n) is 5.04. The molecule has 3 aliphatic rings. The minimum absolute atomic E-state index is 0.304. The van der Waals surface area contributed by atoms with Crippen molar-refractivity contribution in [1.29, 1.82) is 0 Å². The van der Waals surface area contributed by atoms with E-state index < -0.39 is 0 Å². The highest BCUT2D eigenvalue weighted by Gasteiger charge is 2.53. The Bertz CT molecular complexity index is 896. The zero-order valence-corrected chi connectivity index (χ0v) is 15.3. The SMILES string of the molecule is CC(C)C(=S)C12c3ccccc3C(c3ccccc31)c1ccccc12. The first-order chi connectivity index (χ1) is 12.2. The maximum atomic E-state index is 6.16. The molecule has 0 atom stereocenters. The highest BCUT2D eigenvalue weighted by molar-refractivity contribution is 7.80. The lowest BCUT2D eigenvalue weighted by Crippen LogP contribution is -2.48. The average molecular weight is 340 g/mol. The van der Waals surface area contributed by atoms with E-state index in [0.29, 0.717) is 11.8 Å². The van der Waals surface area contributed by atoms with Crippen LogP contribution in [-0.2, 0) is 5.41 Å². The van der Waals surface area contributed by atoms with Crippen LogP contribution in [-0.4, -0.2) is 4.86 Å². The molecule has 3 aromatic rings. The van der Waals surface area contributed by atoms with Crippen LogP contribution in [0, 0.1) is 5.92 Å². The molecule has 0 aromatic heterocycles. The number of hydrogen-bond acceptors (Lipinski definition) is 1. The van der Waals surface area contributed by atoms with Crippen LogP contribution in [0.15, 0.2) is 72.8 Å². The minimum atomic E-state index is -0.304. The van der Waals surface area contributed by atoms with Gasteiger partial charge in [-0.05, 0) is 39.3 Å². The van der Waals surface area contributed by atoms with Crippen molar-refractivity contribution in [3.8, 4) is 0 Å². The summed E-state index contributed by atoms with van der Waals surface area (Å²) in [6, 6.07) is 26.7. The minimum Gasteiger partial charge on any atom is -0.0877 e. The molecule has 0 saturated carbocycles. The highest BCUT2D eigenvalue weighted by atomic mass is 32.1. The van der Waals surface area contributed by atoms with Gasteiger partial charge in [-0.25, -0.2) is 0 Å². The third kappa shape index (κ3) is 1.69. The summed E-state index contributed by atoms with van der Waals surface area (Å²) in [5.74, 6) is 0.652. The van der Waals surface area contributed by atoms with Crippen LogP contribution < -0.4 is 0 Å². The van der Waals surface area contributed by atoms with Gasteiger partial charge in [-0.1, -0.05) is 98.9 Å². The van der Waals surface area contributed by atoms with Gasteiger partial charge in [0.1, 0.15) is 0 Å². The molecule has 0 saturated heterocycles. The van der Waals surface area contributed by atoms with Gasteiger partial charge in [0.25, 0.3) is 0 Å². The standard InChI is InChI=1S/C24H20S/c1-15(2)23(25)24-19-12-6-3-9-16(19)22(17-10-4-7-13-20(17)24)18-11-5-8-14-21(18)24/h3-15,22H,1-2H3. The Labute approximate surface area is 154 Å². The molecule has 0 unspecified atom stereocenters. The Kier molecular flexibility index (Phi) is 3.08. The predicted molar refractivity (Wildman–Crippen MR) is 108 cm³/mol. The van der Waals surface area contributed by atoms with Crippen molar-refractivity contribution in [3.63, 3.8) is 0 Å². The first kappa shape index (κ1) is 15.0. The molecule has 0 nitrogen and oxygen atoms in total. The maximum absolute atomic E-state index is 6.16.